The van der Waals surface area contributed by atoms with E-state index in [4.69, 9.17) is 4.74 Å². The molecule has 33 heavy (non-hydrogen) atoms. The molecule has 0 aliphatic carbocycles. The summed E-state index contributed by atoms with van der Waals surface area (Å²) >= 11 is 0. The van der Waals surface area contributed by atoms with Crippen molar-refractivity contribution in [3.63, 3.8) is 0 Å². The fourth-order valence-electron chi connectivity index (χ4n) is 3.85. The van der Waals surface area contributed by atoms with E-state index in [0.29, 0.717) is 43.2 Å². The van der Waals surface area contributed by atoms with E-state index in [1.165, 1.54) is 5.56 Å². The van der Waals surface area contributed by atoms with E-state index in [2.05, 4.69) is 17.2 Å². The van der Waals surface area contributed by atoms with Crippen molar-refractivity contribution in [1.82, 2.24) is 14.7 Å². The van der Waals surface area contributed by atoms with Crippen molar-refractivity contribution >= 4 is 11.6 Å². The molecule has 0 atom stereocenters. The molecule has 1 amide bonds. The van der Waals surface area contributed by atoms with Gasteiger partial charge < -0.3 is 9.64 Å². The first kappa shape index (κ1) is 24.1. The molecule has 0 saturated carbocycles. The number of methoxy groups -OCH3 is 1. The van der Waals surface area contributed by atoms with Crippen LogP contribution in [0.25, 0.3) is 0 Å². The summed E-state index contributed by atoms with van der Waals surface area (Å²) < 4.78 is 6.82. The molecule has 2 aromatic carbocycles. The lowest BCUT2D eigenvalue weighted by atomic mass is 10.1. The highest BCUT2D eigenvalue weighted by Gasteiger charge is 2.22. The highest BCUT2D eigenvalue weighted by molar-refractivity contribution is 5.94. The monoisotopic (exact) mass is 450 g/mol. The van der Waals surface area contributed by atoms with Crippen molar-refractivity contribution in [3.8, 4) is 0 Å². The first-order valence-corrected chi connectivity index (χ1v) is 11.0. The summed E-state index contributed by atoms with van der Waals surface area (Å²) in [6, 6.07) is 17.6. The Morgan fingerprint density at radius 1 is 1.06 bits per heavy atom. The molecule has 0 spiro atoms. The first-order chi connectivity index (χ1) is 15.9. The van der Waals surface area contributed by atoms with Crippen LogP contribution >= 0.6 is 0 Å². The van der Waals surface area contributed by atoms with E-state index in [9.17, 15) is 14.9 Å². The van der Waals surface area contributed by atoms with Crippen molar-refractivity contribution < 1.29 is 14.5 Å². The summed E-state index contributed by atoms with van der Waals surface area (Å²) in [5.74, 6) is -0.0339. The smallest absolute Gasteiger partial charge is 0.312 e. The van der Waals surface area contributed by atoms with Gasteiger partial charge in [-0.1, -0.05) is 42.5 Å². The molecule has 8 heteroatoms. The third-order valence-corrected chi connectivity index (χ3v) is 5.65. The van der Waals surface area contributed by atoms with Crippen LogP contribution in [0.5, 0.6) is 0 Å². The lowest BCUT2D eigenvalue weighted by Crippen LogP contribution is -2.35. The fourth-order valence-corrected chi connectivity index (χ4v) is 3.85. The van der Waals surface area contributed by atoms with E-state index in [1.54, 1.807) is 37.8 Å². The van der Waals surface area contributed by atoms with E-state index in [1.807, 2.05) is 35.2 Å². The molecule has 0 aliphatic rings. The predicted octanol–water partition coefficient (Wildman–Crippen LogP) is 4.18. The standard InChI is InChI=1S/C25H30N4O4/c1-19-24(29(31)32)20(2)28(26-19)18-22-11-13-23(14-12-22)25(30)27(16-17-33-3)15-7-10-21-8-5-4-6-9-21/h4-6,8-9,11-14H,7,10,15-18H2,1-3H3. The highest BCUT2D eigenvalue weighted by atomic mass is 16.6. The minimum absolute atomic E-state index is 0.0339. The Morgan fingerprint density at radius 2 is 1.76 bits per heavy atom. The Kier molecular flexibility index (Phi) is 8.32. The van der Waals surface area contributed by atoms with Crippen LogP contribution in [0, 0.1) is 24.0 Å². The molecule has 3 rings (SSSR count). The molecule has 0 fully saturated rings. The van der Waals surface area contributed by atoms with Gasteiger partial charge in [0.2, 0.25) is 0 Å². The van der Waals surface area contributed by atoms with Crippen LogP contribution in [0.15, 0.2) is 54.6 Å². The number of hydrogen-bond donors (Lipinski definition) is 0. The number of carbonyl (C=O) groups is 1. The zero-order chi connectivity index (χ0) is 23.8. The Morgan fingerprint density at radius 3 is 2.36 bits per heavy atom. The normalized spacial score (nSPS) is 10.9. The topological polar surface area (TPSA) is 90.5 Å². The van der Waals surface area contributed by atoms with E-state index in [0.717, 1.165) is 18.4 Å². The molecule has 0 bridgehead atoms. The van der Waals surface area contributed by atoms with Gasteiger partial charge in [0.15, 0.2) is 0 Å². The van der Waals surface area contributed by atoms with Gasteiger partial charge >= 0.3 is 5.69 Å². The van der Waals surface area contributed by atoms with Crippen LogP contribution in [0.1, 0.15) is 39.3 Å². The number of nitrogens with zero attached hydrogens (tertiary/aromatic N) is 4. The van der Waals surface area contributed by atoms with Crippen LogP contribution in [0.4, 0.5) is 5.69 Å². The summed E-state index contributed by atoms with van der Waals surface area (Å²) in [6.07, 6.45) is 1.78. The van der Waals surface area contributed by atoms with Crippen LogP contribution in [0.2, 0.25) is 0 Å². The largest absolute Gasteiger partial charge is 0.383 e. The van der Waals surface area contributed by atoms with Crippen LogP contribution in [-0.2, 0) is 17.7 Å². The maximum absolute atomic E-state index is 13.1. The van der Waals surface area contributed by atoms with Crippen molar-refractivity contribution in [2.24, 2.45) is 0 Å². The minimum atomic E-state index is -0.400. The SMILES string of the molecule is COCCN(CCCc1ccccc1)C(=O)c1ccc(Cn2nc(C)c([N+](=O)[O-])c2C)cc1. The van der Waals surface area contributed by atoms with Gasteiger partial charge in [-0.2, -0.15) is 5.10 Å². The zero-order valence-electron chi connectivity index (χ0n) is 19.4. The number of benzene rings is 2. The van der Waals surface area contributed by atoms with E-state index < -0.39 is 4.92 Å². The molecule has 3 aromatic rings. The molecular formula is C25H30N4O4. The summed E-state index contributed by atoms with van der Waals surface area (Å²) in [5.41, 5.74) is 3.74. The third-order valence-electron chi connectivity index (χ3n) is 5.65. The van der Waals surface area contributed by atoms with Gasteiger partial charge in [0.25, 0.3) is 5.91 Å². The summed E-state index contributed by atoms with van der Waals surface area (Å²) in [4.78, 5) is 25.8. The van der Waals surface area contributed by atoms with Gasteiger partial charge in [-0.25, -0.2) is 0 Å². The number of hydrogen-bond acceptors (Lipinski definition) is 5. The second kappa shape index (κ2) is 11.4. The first-order valence-electron chi connectivity index (χ1n) is 11.0. The fraction of sp³-hybridized carbons (Fsp3) is 0.360. The molecule has 1 aromatic heterocycles. The van der Waals surface area contributed by atoms with Crippen molar-refractivity contribution in [2.75, 3.05) is 26.8 Å². The summed E-state index contributed by atoms with van der Waals surface area (Å²) in [6.45, 7) is 5.38. The minimum Gasteiger partial charge on any atom is -0.383 e. The molecule has 0 unspecified atom stereocenters. The Balaban J connectivity index is 1.66. The maximum Gasteiger partial charge on any atom is 0.312 e. The Bertz CT molecular complexity index is 1080. The molecule has 1 heterocycles. The number of nitro groups is 1. The van der Waals surface area contributed by atoms with E-state index >= 15 is 0 Å². The average Bonchev–Trinajstić information content (AvgIpc) is 3.09. The predicted molar refractivity (Wildman–Crippen MR) is 126 cm³/mol. The molecule has 0 radical (unpaired) electrons. The van der Waals surface area contributed by atoms with Crippen molar-refractivity contribution in [2.45, 2.75) is 33.2 Å². The zero-order valence-corrected chi connectivity index (χ0v) is 19.4. The second-order valence-electron chi connectivity index (χ2n) is 8.01. The summed E-state index contributed by atoms with van der Waals surface area (Å²) in [7, 11) is 1.63. The van der Waals surface area contributed by atoms with Gasteiger partial charge in [-0.05, 0) is 49.9 Å². The maximum atomic E-state index is 13.1. The molecule has 0 saturated heterocycles. The van der Waals surface area contributed by atoms with Crippen molar-refractivity contribution in [1.29, 1.82) is 0 Å². The number of rotatable bonds is 11. The number of ether oxygens (including phenoxy) is 1. The molecular weight excluding hydrogens is 420 g/mol. The lowest BCUT2D eigenvalue weighted by molar-refractivity contribution is -0.386. The lowest BCUT2D eigenvalue weighted by Gasteiger charge is -2.22. The highest BCUT2D eigenvalue weighted by Crippen LogP contribution is 2.22. The van der Waals surface area contributed by atoms with Crippen LogP contribution < -0.4 is 0 Å². The number of aryl methyl sites for hydroxylation is 2. The third kappa shape index (κ3) is 6.26. The Labute approximate surface area is 193 Å². The number of carbonyl (C=O) groups excluding carboxylic acids is 1. The van der Waals surface area contributed by atoms with Gasteiger partial charge in [-0.15, -0.1) is 0 Å². The molecule has 174 valence electrons. The average molecular weight is 451 g/mol. The van der Waals surface area contributed by atoms with Crippen LogP contribution in [0.3, 0.4) is 0 Å². The van der Waals surface area contributed by atoms with Gasteiger partial charge in [0, 0.05) is 25.8 Å². The van der Waals surface area contributed by atoms with Gasteiger partial charge in [0.05, 0.1) is 18.1 Å². The number of amides is 1. The van der Waals surface area contributed by atoms with Crippen molar-refractivity contribution in [3.05, 3.63) is 92.8 Å². The molecule has 8 nitrogen and oxygen atoms in total. The van der Waals surface area contributed by atoms with Crippen LogP contribution in [-0.4, -0.2) is 52.3 Å². The Hall–Kier alpha value is -3.52. The number of aromatic nitrogens is 2. The molecule has 0 N–H and O–H groups in total. The second-order valence-corrected chi connectivity index (χ2v) is 8.01. The van der Waals surface area contributed by atoms with E-state index in [-0.39, 0.29) is 11.6 Å². The summed E-state index contributed by atoms with van der Waals surface area (Å²) in [5, 5.41) is 15.5. The quantitative estimate of drug-likeness (QED) is 0.323. The van der Waals surface area contributed by atoms with Gasteiger partial charge in [0.1, 0.15) is 11.4 Å². The molecule has 0 aliphatic heterocycles. The van der Waals surface area contributed by atoms with Gasteiger partial charge in [-0.3, -0.25) is 19.6 Å².